The molecule has 0 aromatic carbocycles. The number of alkyl halides is 3. The van der Waals surface area contributed by atoms with Gasteiger partial charge in [-0.15, -0.1) is 0 Å². The van der Waals surface area contributed by atoms with Crippen molar-refractivity contribution in [2.24, 2.45) is 4.99 Å². The first kappa shape index (κ1) is 36.4. The van der Waals surface area contributed by atoms with Crippen molar-refractivity contribution in [3.63, 3.8) is 0 Å². The first-order valence-electron chi connectivity index (χ1n) is 14.9. The van der Waals surface area contributed by atoms with E-state index in [-0.39, 0.29) is 18.1 Å². The van der Waals surface area contributed by atoms with Crippen LogP contribution in [-0.4, -0.2) is 67.6 Å². The van der Waals surface area contributed by atoms with Gasteiger partial charge in [0.1, 0.15) is 11.4 Å². The zero-order valence-electron chi connectivity index (χ0n) is 26.7. The van der Waals surface area contributed by atoms with E-state index in [0.717, 1.165) is 0 Å². The summed E-state index contributed by atoms with van der Waals surface area (Å²) < 4.78 is 58.5. The third-order valence-corrected chi connectivity index (χ3v) is 6.29. The molecule has 47 heavy (non-hydrogen) atoms. The highest BCUT2D eigenvalue weighted by Gasteiger charge is 2.38. The Morgan fingerprint density at radius 2 is 1.36 bits per heavy atom. The predicted molar refractivity (Wildman–Crippen MR) is 166 cm³/mol. The average Bonchev–Trinajstić information content (AvgIpc) is 3.36. The summed E-state index contributed by atoms with van der Waals surface area (Å²) in [4.78, 5) is 35.2. The van der Waals surface area contributed by atoms with Crippen LogP contribution in [0.2, 0.25) is 0 Å². The Kier molecular flexibility index (Phi) is 12.8. The lowest BCUT2D eigenvalue weighted by Gasteiger charge is -2.19. The van der Waals surface area contributed by atoms with E-state index in [9.17, 15) is 22.8 Å². The zero-order valence-corrected chi connectivity index (χ0v) is 26.7. The molecule has 0 spiro atoms. The maximum absolute atomic E-state index is 13.0. The molecule has 0 aliphatic carbocycles. The number of aryl methyl sites for hydroxylation is 2. The highest BCUT2D eigenvalue weighted by molar-refractivity contribution is 6.04. The van der Waals surface area contributed by atoms with Crippen LogP contribution in [0, 0.1) is 10.8 Å². The minimum Gasteiger partial charge on any atom is -0.478 e. The summed E-state index contributed by atoms with van der Waals surface area (Å²) in [5.41, 5.74) is 0.621. The SMILES string of the molecule is CC(=N)c1ccc(OCCCCn2ccn(CCCCOc3ccc(C(=N)NC(=O)OC(C)(C)C)cn3)c2=NC(=O)C(F)(F)F)nc1. The second-order valence-electron chi connectivity index (χ2n) is 11.4. The number of hydrogen-bond acceptors (Lipinski definition) is 9. The zero-order chi connectivity index (χ0) is 34.6. The number of alkyl carbamates (subject to hydrolysis) is 1. The fraction of sp³-hybridized carbons (Fsp3) is 0.452. The van der Waals surface area contributed by atoms with E-state index in [1.54, 1.807) is 70.6 Å². The lowest BCUT2D eigenvalue weighted by atomic mass is 10.2. The van der Waals surface area contributed by atoms with Crippen LogP contribution in [0.25, 0.3) is 0 Å². The number of nitrogens with one attached hydrogen (secondary N) is 3. The van der Waals surface area contributed by atoms with Crippen LogP contribution in [0.3, 0.4) is 0 Å². The van der Waals surface area contributed by atoms with E-state index in [2.05, 4.69) is 20.3 Å². The number of halogens is 3. The summed E-state index contributed by atoms with van der Waals surface area (Å²) >= 11 is 0. The van der Waals surface area contributed by atoms with Gasteiger partial charge in [0.2, 0.25) is 17.4 Å². The van der Waals surface area contributed by atoms with Gasteiger partial charge in [-0.25, -0.2) is 14.8 Å². The Bertz CT molecular complexity index is 1590. The molecular weight excluding hydrogens is 621 g/mol. The number of imidazole rings is 1. The molecule has 0 saturated carbocycles. The number of aromatic nitrogens is 4. The molecule has 0 radical (unpaired) electrons. The molecule has 3 rings (SSSR count). The molecule has 2 amide bonds. The largest absolute Gasteiger partial charge is 0.478 e. The number of carbonyl (C=O) groups is 2. The average molecular weight is 661 g/mol. The summed E-state index contributed by atoms with van der Waals surface area (Å²) in [5.74, 6) is -1.66. The van der Waals surface area contributed by atoms with Gasteiger partial charge in [0.05, 0.1) is 13.2 Å². The Hall–Kier alpha value is -5.02. The second kappa shape index (κ2) is 16.5. The van der Waals surface area contributed by atoms with E-state index < -0.39 is 23.8 Å². The van der Waals surface area contributed by atoms with Crippen LogP contribution in [-0.2, 0) is 22.6 Å². The molecule has 16 heteroatoms. The summed E-state index contributed by atoms with van der Waals surface area (Å²) in [5, 5.41) is 18.0. The molecule has 3 heterocycles. The lowest BCUT2D eigenvalue weighted by Crippen LogP contribution is -2.36. The highest BCUT2D eigenvalue weighted by Crippen LogP contribution is 2.16. The summed E-state index contributed by atoms with van der Waals surface area (Å²) in [7, 11) is 0. The van der Waals surface area contributed by atoms with E-state index >= 15 is 0 Å². The molecule has 0 unspecified atom stereocenters. The second-order valence-corrected chi connectivity index (χ2v) is 11.4. The summed E-state index contributed by atoms with van der Waals surface area (Å²) in [6, 6.07) is 6.51. The van der Waals surface area contributed by atoms with Crippen molar-refractivity contribution < 1.29 is 37.0 Å². The van der Waals surface area contributed by atoms with Crippen molar-refractivity contribution in [1.82, 2.24) is 24.4 Å². The molecule has 0 saturated heterocycles. The van der Waals surface area contributed by atoms with Crippen LogP contribution in [0.15, 0.2) is 54.0 Å². The van der Waals surface area contributed by atoms with Gasteiger partial charge in [-0.1, -0.05) is 0 Å². The third-order valence-electron chi connectivity index (χ3n) is 6.29. The predicted octanol–water partition coefficient (Wildman–Crippen LogP) is 5.03. The van der Waals surface area contributed by atoms with Gasteiger partial charge >= 0.3 is 18.2 Å². The molecule has 3 aromatic rings. The van der Waals surface area contributed by atoms with Gasteiger partial charge in [-0.3, -0.25) is 15.5 Å². The van der Waals surface area contributed by atoms with E-state index in [1.807, 2.05) is 0 Å². The highest BCUT2D eigenvalue weighted by atomic mass is 19.4. The summed E-state index contributed by atoms with van der Waals surface area (Å²) in [6.07, 6.45) is 2.39. The Balaban J connectivity index is 1.49. The van der Waals surface area contributed by atoms with Crippen LogP contribution in [0.5, 0.6) is 11.8 Å². The molecule has 0 bridgehead atoms. The van der Waals surface area contributed by atoms with Crippen molar-refractivity contribution in [2.45, 2.75) is 78.2 Å². The molecular formula is C31H39F3N8O5. The Morgan fingerprint density at radius 3 is 1.79 bits per heavy atom. The number of unbranched alkanes of at least 4 members (excludes halogenated alkanes) is 2. The van der Waals surface area contributed by atoms with Gasteiger partial charge in [0.25, 0.3) is 0 Å². The molecule has 0 aliphatic rings. The fourth-order valence-electron chi connectivity index (χ4n) is 3.99. The number of rotatable bonds is 14. The monoisotopic (exact) mass is 660 g/mol. The number of hydrogen-bond donors (Lipinski definition) is 3. The minimum atomic E-state index is -5.10. The van der Waals surface area contributed by atoms with Gasteiger partial charge in [0, 0.05) is 66.8 Å². The molecule has 13 nitrogen and oxygen atoms in total. The molecule has 3 aromatic heterocycles. The van der Waals surface area contributed by atoms with Crippen molar-refractivity contribution in [2.75, 3.05) is 13.2 Å². The lowest BCUT2D eigenvalue weighted by molar-refractivity contribution is -0.169. The van der Waals surface area contributed by atoms with Crippen molar-refractivity contribution >= 4 is 23.5 Å². The van der Waals surface area contributed by atoms with E-state index in [4.69, 9.17) is 25.0 Å². The van der Waals surface area contributed by atoms with Crippen LogP contribution < -0.4 is 20.4 Å². The van der Waals surface area contributed by atoms with Gasteiger partial charge in [-0.2, -0.15) is 18.2 Å². The van der Waals surface area contributed by atoms with Crippen LogP contribution in [0.1, 0.15) is 64.5 Å². The van der Waals surface area contributed by atoms with Crippen molar-refractivity contribution in [1.29, 1.82) is 10.8 Å². The molecule has 0 atom stereocenters. The van der Waals surface area contributed by atoms with Crippen molar-refractivity contribution in [3.05, 3.63) is 65.8 Å². The normalized spacial score (nSPS) is 12.0. The molecule has 0 aliphatic heterocycles. The Labute approximate surface area is 269 Å². The number of carbonyl (C=O) groups excluding carboxylic acids is 2. The minimum absolute atomic E-state index is 0.104. The fourth-order valence-corrected chi connectivity index (χ4v) is 3.99. The first-order valence-corrected chi connectivity index (χ1v) is 14.9. The van der Waals surface area contributed by atoms with Gasteiger partial charge in [0.15, 0.2) is 0 Å². The van der Waals surface area contributed by atoms with Crippen LogP contribution >= 0.6 is 0 Å². The quantitative estimate of drug-likeness (QED) is 0.124. The third kappa shape index (κ3) is 12.4. The number of pyridine rings is 2. The first-order chi connectivity index (χ1) is 22.1. The maximum Gasteiger partial charge on any atom is 0.473 e. The smallest absolute Gasteiger partial charge is 0.473 e. The van der Waals surface area contributed by atoms with E-state index in [1.165, 1.54) is 15.3 Å². The van der Waals surface area contributed by atoms with Gasteiger partial charge < -0.3 is 28.8 Å². The molecule has 254 valence electrons. The summed E-state index contributed by atoms with van der Waals surface area (Å²) in [6.45, 7) is 7.99. The van der Waals surface area contributed by atoms with E-state index in [0.29, 0.717) is 74.0 Å². The standard InChI is InChI=1S/C31H39F3N8O5/c1-21(35)22-9-11-24(37-19-22)45-17-7-5-13-41-15-16-42(28(41)40-27(43)31(32,33)34)14-6-8-18-46-25-12-10-23(20-38-25)26(36)39-29(44)47-30(2,3)4/h9-12,15-16,19-20,35H,5-8,13-14,17-18H2,1-4H3,(H2,36,39,44). The number of amidine groups is 1. The van der Waals surface area contributed by atoms with Crippen LogP contribution in [0.4, 0.5) is 18.0 Å². The molecule has 3 N–H and O–H groups in total. The number of amides is 2. The topological polar surface area (TPSA) is 170 Å². The number of ether oxygens (including phenoxy) is 3. The van der Waals surface area contributed by atoms with Crippen molar-refractivity contribution in [3.8, 4) is 11.8 Å². The number of nitrogens with zero attached hydrogens (tertiary/aromatic N) is 5. The maximum atomic E-state index is 13.0. The van der Waals surface area contributed by atoms with Gasteiger partial charge in [-0.05, 0) is 65.5 Å². The Morgan fingerprint density at radius 1 is 0.851 bits per heavy atom. The molecule has 0 fully saturated rings.